The molecule has 0 spiro atoms. The van der Waals surface area contributed by atoms with Crippen LogP contribution in [0.15, 0.2) is 0 Å². The zero-order chi connectivity index (χ0) is 7.72. The molecule has 3 nitrogen and oxygen atoms in total. The molecule has 0 aromatic heterocycles. The van der Waals surface area contributed by atoms with Gasteiger partial charge >= 0.3 is 0 Å². The second-order valence-electron chi connectivity index (χ2n) is 2.60. The number of carbonyl (C=O) groups is 1. The van der Waals surface area contributed by atoms with Crippen molar-refractivity contribution < 1.29 is 9.18 Å². The van der Waals surface area contributed by atoms with E-state index < -0.39 is 12.2 Å². The fourth-order valence-electron chi connectivity index (χ4n) is 1.05. The van der Waals surface area contributed by atoms with E-state index in [9.17, 15) is 9.18 Å². The Kier molecular flexibility index (Phi) is 1.89. The van der Waals surface area contributed by atoms with Gasteiger partial charge in [-0.1, -0.05) is 0 Å². The molecule has 0 saturated carbocycles. The van der Waals surface area contributed by atoms with Gasteiger partial charge in [-0.15, -0.1) is 0 Å². The molecule has 0 aromatic rings. The molecule has 0 aliphatic carbocycles. The van der Waals surface area contributed by atoms with Gasteiger partial charge in [-0.05, 0) is 0 Å². The van der Waals surface area contributed by atoms with E-state index in [0.717, 1.165) is 0 Å². The maximum atomic E-state index is 12.6. The Morgan fingerprint density at radius 3 is 2.50 bits per heavy atom. The lowest BCUT2D eigenvalue weighted by Crippen LogP contribution is -2.31. The van der Waals surface area contributed by atoms with E-state index in [2.05, 4.69) is 0 Å². The summed E-state index contributed by atoms with van der Waals surface area (Å²) in [6.45, 7) is 1.94. The molecule has 1 rings (SSSR count). The average Bonchev–Trinajstić information content (AvgIpc) is 2.13. The van der Waals surface area contributed by atoms with E-state index >= 15 is 0 Å². The first kappa shape index (κ1) is 7.47. The monoisotopic (exact) mass is 146 g/mol. The average molecular weight is 146 g/mol. The maximum Gasteiger partial charge on any atom is 0.219 e. The predicted molar refractivity (Wildman–Crippen MR) is 35.1 cm³/mol. The number of amides is 1. The predicted octanol–water partition coefficient (Wildman–Crippen LogP) is -0.486. The Bertz CT molecular complexity index is 141. The standard InChI is InChI=1S/C6H11FN2O/c1-4(10)9-2-5(7)6(8)3-9/h5-6H,2-3,8H2,1H3/t5?,6-/m0/s1. The number of alkyl halides is 1. The van der Waals surface area contributed by atoms with E-state index in [-0.39, 0.29) is 12.5 Å². The first-order valence-corrected chi connectivity index (χ1v) is 3.26. The Hall–Kier alpha value is -0.640. The van der Waals surface area contributed by atoms with Crippen LogP contribution in [0.2, 0.25) is 0 Å². The largest absolute Gasteiger partial charge is 0.338 e. The molecule has 1 fully saturated rings. The highest BCUT2D eigenvalue weighted by atomic mass is 19.1. The fourth-order valence-corrected chi connectivity index (χ4v) is 1.05. The maximum absolute atomic E-state index is 12.6. The topological polar surface area (TPSA) is 46.3 Å². The number of nitrogens with zero attached hydrogens (tertiary/aromatic N) is 1. The number of likely N-dealkylation sites (tertiary alicyclic amines) is 1. The Morgan fingerprint density at radius 1 is 1.70 bits per heavy atom. The Labute approximate surface area is 59.0 Å². The normalized spacial score (nSPS) is 32.9. The summed E-state index contributed by atoms with van der Waals surface area (Å²) in [4.78, 5) is 12.1. The van der Waals surface area contributed by atoms with Crippen LogP contribution in [0.25, 0.3) is 0 Å². The van der Waals surface area contributed by atoms with E-state index in [1.165, 1.54) is 11.8 Å². The van der Waals surface area contributed by atoms with Gasteiger partial charge in [0, 0.05) is 13.5 Å². The van der Waals surface area contributed by atoms with Crippen LogP contribution in [-0.2, 0) is 4.79 Å². The van der Waals surface area contributed by atoms with Crippen molar-refractivity contribution >= 4 is 5.91 Å². The van der Waals surface area contributed by atoms with E-state index in [1.807, 2.05) is 0 Å². The Balaban J connectivity index is 2.49. The lowest BCUT2D eigenvalue weighted by atomic mass is 10.3. The van der Waals surface area contributed by atoms with Gasteiger partial charge in [-0.3, -0.25) is 4.79 Å². The highest BCUT2D eigenvalue weighted by Crippen LogP contribution is 2.10. The van der Waals surface area contributed by atoms with E-state index in [4.69, 9.17) is 5.73 Å². The molecule has 4 heteroatoms. The quantitative estimate of drug-likeness (QED) is 0.501. The molecule has 2 atom stereocenters. The summed E-state index contributed by atoms with van der Waals surface area (Å²) in [6.07, 6.45) is -1.04. The molecule has 1 saturated heterocycles. The molecular formula is C6H11FN2O. The highest BCUT2D eigenvalue weighted by Gasteiger charge is 2.30. The molecule has 0 radical (unpaired) electrons. The summed E-state index contributed by atoms with van der Waals surface area (Å²) < 4.78 is 12.6. The molecule has 0 aromatic carbocycles. The smallest absolute Gasteiger partial charge is 0.219 e. The summed E-state index contributed by atoms with van der Waals surface area (Å²) in [5, 5.41) is 0. The van der Waals surface area contributed by atoms with Crippen LogP contribution in [0, 0.1) is 0 Å². The summed E-state index contributed by atoms with van der Waals surface area (Å²) in [7, 11) is 0. The van der Waals surface area contributed by atoms with E-state index in [1.54, 1.807) is 0 Å². The lowest BCUT2D eigenvalue weighted by Gasteiger charge is -2.10. The van der Waals surface area contributed by atoms with Gasteiger partial charge in [0.25, 0.3) is 0 Å². The molecule has 10 heavy (non-hydrogen) atoms. The summed E-state index contributed by atoms with van der Waals surface area (Å²) in [5.74, 6) is -0.101. The number of hydrogen-bond donors (Lipinski definition) is 1. The van der Waals surface area contributed by atoms with Crippen molar-refractivity contribution in [2.45, 2.75) is 19.1 Å². The molecule has 1 aliphatic heterocycles. The zero-order valence-corrected chi connectivity index (χ0v) is 5.88. The second-order valence-corrected chi connectivity index (χ2v) is 2.60. The van der Waals surface area contributed by atoms with Crippen LogP contribution in [0.4, 0.5) is 4.39 Å². The van der Waals surface area contributed by atoms with Gasteiger partial charge in [0.2, 0.25) is 5.91 Å². The Morgan fingerprint density at radius 2 is 2.30 bits per heavy atom. The molecule has 0 bridgehead atoms. The van der Waals surface area contributed by atoms with Crippen LogP contribution >= 0.6 is 0 Å². The number of carbonyl (C=O) groups excluding carboxylic acids is 1. The van der Waals surface area contributed by atoms with Gasteiger partial charge in [-0.2, -0.15) is 0 Å². The van der Waals surface area contributed by atoms with Crippen LogP contribution < -0.4 is 5.73 Å². The van der Waals surface area contributed by atoms with Crippen molar-refractivity contribution in [3.63, 3.8) is 0 Å². The van der Waals surface area contributed by atoms with Gasteiger partial charge in [-0.25, -0.2) is 4.39 Å². The van der Waals surface area contributed by atoms with Gasteiger partial charge in [0.1, 0.15) is 6.17 Å². The van der Waals surface area contributed by atoms with Crippen LogP contribution in [0.3, 0.4) is 0 Å². The number of hydrogen-bond acceptors (Lipinski definition) is 2. The van der Waals surface area contributed by atoms with Crippen LogP contribution in [-0.4, -0.2) is 36.1 Å². The molecule has 58 valence electrons. The van der Waals surface area contributed by atoms with Crippen molar-refractivity contribution in [1.29, 1.82) is 0 Å². The fraction of sp³-hybridized carbons (Fsp3) is 0.833. The first-order chi connectivity index (χ1) is 4.61. The van der Waals surface area contributed by atoms with Gasteiger partial charge in [0.15, 0.2) is 0 Å². The summed E-state index contributed by atoms with van der Waals surface area (Å²) >= 11 is 0. The zero-order valence-electron chi connectivity index (χ0n) is 5.88. The third kappa shape index (κ3) is 1.26. The minimum absolute atomic E-state index is 0.101. The third-order valence-corrected chi connectivity index (χ3v) is 1.74. The van der Waals surface area contributed by atoms with Crippen molar-refractivity contribution in [3.05, 3.63) is 0 Å². The van der Waals surface area contributed by atoms with Gasteiger partial charge in [0.05, 0.1) is 12.6 Å². The molecule has 1 amide bonds. The molecule has 2 N–H and O–H groups in total. The first-order valence-electron chi connectivity index (χ1n) is 3.26. The second kappa shape index (κ2) is 2.54. The molecule has 1 unspecified atom stereocenters. The minimum Gasteiger partial charge on any atom is -0.338 e. The SMILES string of the molecule is CC(=O)N1CC(F)[C@@H](N)C1. The summed E-state index contributed by atoms with van der Waals surface area (Å²) in [6, 6.07) is -0.483. The molecule has 1 heterocycles. The van der Waals surface area contributed by atoms with Crippen molar-refractivity contribution in [1.82, 2.24) is 4.90 Å². The third-order valence-electron chi connectivity index (χ3n) is 1.74. The lowest BCUT2D eigenvalue weighted by molar-refractivity contribution is -0.128. The number of nitrogens with two attached hydrogens (primary N) is 1. The van der Waals surface area contributed by atoms with Gasteiger partial charge < -0.3 is 10.6 Å². The number of rotatable bonds is 0. The van der Waals surface area contributed by atoms with Crippen LogP contribution in [0.1, 0.15) is 6.92 Å². The van der Waals surface area contributed by atoms with Crippen LogP contribution in [0.5, 0.6) is 0 Å². The summed E-state index contributed by atoms with van der Waals surface area (Å²) in [5.41, 5.74) is 5.34. The highest BCUT2D eigenvalue weighted by molar-refractivity contribution is 5.73. The van der Waals surface area contributed by atoms with Crippen molar-refractivity contribution in [3.8, 4) is 0 Å². The van der Waals surface area contributed by atoms with Crippen molar-refractivity contribution in [2.24, 2.45) is 5.73 Å². The number of halogens is 1. The molecule has 1 aliphatic rings. The van der Waals surface area contributed by atoms with E-state index in [0.29, 0.717) is 6.54 Å². The molecular weight excluding hydrogens is 135 g/mol. The van der Waals surface area contributed by atoms with Crippen molar-refractivity contribution in [2.75, 3.05) is 13.1 Å². The minimum atomic E-state index is -1.04.